The van der Waals surface area contributed by atoms with E-state index < -0.39 is 0 Å². The number of amides is 1. The minimum Gasteiger partial charge on any atom is -0.328 e. The molecular weight excluding hydrogens is 174 g/mol. The molecule has 1 amide bonds. The number of hydrogen-bond acceptors (Lipinski definition) is 1. The standard InChI is InChI=1S/C12H17NO/c1-9-6-5-7-10(13-8-14)11(9)12(2,3)4/h5-8H,1-4H3,(H,13,14). The number of hydrogen-bond donors (Lipinski definition) is 1. The van der Waals surface area contributed by atoms with Crippen molar-refractivity contribution in [1.82, 2.24) is 0 Å². The third-order valence-electron chi connectivity index (χ3n) is 2.24. The van der Waals surface area contributed by atoms with Gasteiger partial charge in [0.05, 0.1) is 0 Å². The van der Waals surface area contributed by atoms with Crippen LogP contribution in [0.15, 0.2) is 18.2 Å². The Morgan fingerprint density at radius 3 is 2.43 bits per heavy atom. The largest absolute Gasteiger partial charge is 0.328 e. The van der Waals surface area contributed by atoms with Crippen molar-refractivity contribution in [2.45, 2.75) is 33.1 Å². The molecule has 1 N–H and O–H groups in total. The van der Waals surface area contributed by atoms with E-state index in [-0.39, 0.29) is 5.41 Å². The van der Waals surface area contributed by atoms with Gasteiger partial charge in [-0.15, -0.1) is 0 Å². The third-order valence-corrected chi connectivity index (χ3v) is 2.24. The Labute approximate surface area is 85.3 Å². The monoisotopic (exact) mass is 191 g/mol. The SMILES string of the molecule is Cc1cccc(NC=O)c1C(C)(C)C. The zero-order valence-electron chi connectivity index (χ0n) is 9.22. The van der Waals surface area contributed by atoms with Gasteiger partial charge in [-0.05, 0) is 29.5 Å². The Balaban J connectivity index is 3.29. The van der Waals surface area contributed by atoms with E-state index in [0.29, 0.717) is 0 Å². The topological polar surface area (TPSA) is 29.1 Å². The molecule has 1 aromatic rings. The summed E-state index contributed by atoms with van der Waals surface area (Å²) in [7, 11) is 0. The lowest BCUT2D eigenvalue weighted by Gasteiger charge is -2.24. The molecule has 0 saturated heterocycles. The maximum Gasteiger partial charge on any atom is 0.211 e. The number of benzene rings is 1. The van der Waals surface area contributed by atoms with E-state index in [2.05, 4.69) is 39.1 Å². The predicted molar refractivity (Wildman–Crippen MR) is 59.6 cm³/mol. The zero-order chi connectivity index (χ0) is 10.8. The van der Waals surface area contributed by atoms with Crippen LogP contribution in [0.4, 0.5) is 5.69 Å². The van der Waals surface area contributed by atoms with Gasteiger partial charge < -0.3 is 5.32 Å². The van der Waals surface area contributed by atoms with Gasteiger partial charge in [-0.25, -0.2) is 0 Å². The van der Waals surface area contributed by atoms with Crippen molar-refractivity contribution in [3.8, 4) is 0 Å². The summed E-state index contributed by atoms with van der Waals surface area (Å²) in [5.41, 5.74) is 3.38. The first-order valence-corrected chi connectivity index (χ1v) is 4.77. The van der Waals surface area contributed by atoms with Gasteiger partial charge in [0.2, 0.25) is 6.41 Å². The van der Waals surface area contributed by atoms with Crippen molar-refractivity contribution < 1.29 is 4.79 Å². The van der Waals surface area contributed by atoms with Crippen LogP contribution < -0.4 is 5.32 Å². The van der Waals surface area contributed by atoms with Gasteiger partial charge in [0, 0.05) is 5.69 Å². The summed E-state index contributed by atoms with van der Waals surface area (Å²) in [6.45, 7) is 8.50. The van der Waals surface area contributed by atoms with Gasteiger partial charge in [-0.1, -0.05) is 32.9 Å². The van der Waals surface area contributed by atoms with Crippen LogP contribution in [0.3, 0.4) is 0 Å². The molecule has 0 spiro atoms. The molecule has 0 radical (unpaired) electrons. The van der Waals surface area contributed by atoms with E-state index >= 15 is 0 Å². The summed E-state index contributed by atoms with van der Waals surface area (Å²) in [6, 6.07) is 5.95. The van der Waals surface area contributed by atoms with Gasteiger partial charge >= 0.3 is 0 Å². The van der Waals surface area contributed by atoms with Crippen LogP contribution >= 0.6 is 0 Å². The Morgan fingerprint density at radius 1 is 1.29 bits per heavy atom. The molecule has 0 aliphatic rings. The van der Waals surface area contributed by atoms with E-state index in [1.54, 1.807) is 0 Å². The van der Waals surface area contributed by atoms with Crippen molar-refractivity contribution in [2.24, 2.45) is 0 Å². The minimum atomic E-state index is 0.0523. The third kappa shape index (κ3) is 2.13. The quantitative estimate of drug-likeness (QED) is 0.715. The lowest BCUT2D eigenvalue weighted by Crippen LogP contribution is -2.16. The zero-order valence-corrected chi connectivity index (χ0v) is 9.22. The molecule has 0 unspecified atom stereocenters. The fourth-order valence-corrected chi connectivity index (χ4v) is 1.85. The lowest BCUT2D eigenvalue weighted by atomic mass is 9.83. The number of anilines is 1. The molecular formula is C12H17NO. The highest BCUT2D eigenvalue weighted by molar-refractivity contribution is 5.75. The first kappa shape index (κ1) is 10.8. The molecule has 76 valence electrons. The maximum absolute atomic E-state index is 10.5. The molecule has 0 aliphatic heterocycles. The smallest absolute Gasteiger partial charge is 0.211 e. The van der Waals surface area contributed by atoms with Crippen LogP contribution in [-0.2, 0) is 10.2 Å². The maximum atomic E-state index is 10.5. The van der Waals surface area contributed by atoms with Crippen molar-refractivity contribution in [3.05, 3.63) is 29.3 Å². The van der Waals surface area contributed by atoms with E-state index in [9.17, 15) is 4.79 Å². The predicted octanol–water partition coefficient (Wildman–Crippen LogP) is 2.86. The van der Waals surface area contributed by atoms with E-state index in [1.165, 1.54) is 11.1 Å². The number of rotatable bonds is 2. The second-order valence-electron chi connectivity index (χ2n) is 4.51. The first-order valence-electron chi connectivity index (χ1n) is 4.77. The van der Waals surface area contributed by atoms with Crippen LogP contribution in [-0.4, -0.2) is 6.41 Å². The average Bonchev–Trinajstić information content (AvgIpc) is 2.02. The Bertz CT molecular complexity index is 337. The number of nitrogens with one attached hydrogen (secondary N) is 1. The van der Waals surface area contributed by atoms with Crippen LogP contribution in [0, 0.1) is 6.92 Å². The molecule has 0 bridgehead atoms. The Hall–Kier alpha value is -1.31. The van der Waals surface area contributed by atoms with Crippen molar-refractivity contribution in [1.29, 1.82) is 0 Å². The highest BCUT2D eigenvalue weighted by atomic mass is 16.1. The van der Waals surface area contributed by atoms with Crippen molar-refractivity contribution in [3.63, 3.8) is 0 Å². The fraction of sp³-hybridized carbons (Fsp3) is 0.417. The van der Waals surface area contributed by atoms with Crippen LogP contribution in [0.2, 0.25) is 0 Å². The molecule has 0 aromatic heterocycles. The molecule has 0 heterocycles. The molecule has 1 rings (SSSR count). The number of carbonyl (C=O) groups excluding carboxylic acids is 1. The molecule has 0 aliphatic carbocycles. The summed E-state index contributed by atoms with van der Waals surface area (Å²) >= 11 is 0. The average molecular weight is 191 g/mol. The molecule has 2 nitrogen and oxygen atoms in total. The van der Waals surface area contributed by atoms with E-state index in [0.717, 1.165) is 12.1 Å². The van der Waals surface area contributed by atoms with Crippen LogP contribution in [0.1, 0.15) is 31.9 Å². The second-order valence-corrected chi connectivity index (χ2v) is 4.51. The molecule has 1 aromatic carbocycles. The van der Waals surface area contributed by atoms with Crippen molar-refractivity contribution >= 4 is 12.1 Å². The summed E-state index contributed by atoms with van der Waals surface area (Å²) in [6.07, 6.45) is 0.726. The highest BCUT2D eigenvalue weighted by Crippen LogP contribution is 2.31. The van der Waals surface area contributed by atoms with Gasteiger partial charge in [0.1, 0.15) is 0 Å². The molecule has 0 saturated carbocycles. The summed E-state index contributed by atoms with van der Waals surface area (Å²) in [5, 5.41) is 2.74. The number of aryl methyl sites for hydroxylation is 1. The molecule has 0 atom stereocenters. The normalized spacial score (nSPS) is 11.1. The minimum absolute atomic E-state index is 0.0523. The van der Waals surface area contributed by atoms with E-state index in [1.807, 2.05) is 12.1 Å². The van der Waals surface area contributed by atoms with Gasteiger partial charge in [0.25, 0.3) is 0 Å². The fourth-order valence-electron chi connectivity index (χ4n) is 1.85. The summed E-state index contributed by atoms with van der Waals surface area (Å²) in [5.74, 6) is 0. The van der Waals surface area contributed by atoms with Gasteiger partial charge in [-0.3, -0.25) is 4.79 Å². The van der Waals surface area contributed by atoms with Gasteiger partial charge in [-0.2, -0.15) is 0 Å². The first-order chi connectivity index (χ1) is 6.46. The second kappa shape index (κ2) is 3.82. The highest BCUT2D eigenvalue weighted by Gasteiger charge is 2.19. The molecule has 14 heavy (non-hydrogen) atoms. The van der Waals surface area contributed by atoms with Crippen LogP contribution in [0.5, 0.6) is 0 Å². The van der Waals surface area contributed by atoms with Gasteiger partial charge in [0.15, 0.2) is 0 Å². The Morgan fingerprint density at radius 2 is 1.93 bits per heavy atom. The summed E-state index contributed by atoms with van der Waals surface area (Å²) < 4.78 is 0. The van der Waals surface area contributed by atoms with Crippen molar-refractivity contribution in [2.75, 3.05) is 5.32 Å². The summed E-state index contributed by atoms with van der Waals surface area (Å²) in [4.78, 5) is 10.5. The molecule has 2 heteroatoms. The number of carbonyl (C=O) groups is 1. The molecule has 0 fully saturated rings. The lowest BCUT2D eigenvalue weighted by molar-refractivity contribution is -0.105. The Kier molecular flexibility index (Phi) is 2.94. The van der Waals surface area contributed by atoms with E-state index in [4.69, 9.17) is 0 Å². The van der Waals surface area contributed by atoms with Crippen LogP contribution in [0.25, 0.3) is 0 Å².